The number of benzene rings is 3. The number of amides is 3. The SMILES string of the molecule is Cc1ccccc1NC(=O)c1ccc(NC2=C(Cl)C(=O)N(c3ccccc3C)C2=O)cc1. The quantitative estimate of drug-likeness (QED) is 0.542. The van der Waals surface area contributed by atoms with E-state index in [4.69, 9.17) is 11.6 Å². The van der Waals surface area contributed by atoms with E-state index in [1.165, 1.54) is 0 Å². The van der Waals surface area contributed by atoms with Gasteiger partial charge in [-0.25, -0.2) is 4.90 Å². The maximum absolute atomic E-state index is 12.9. The molecule has 160 valence electrons. The Morgan fingerprint density at radius 1 is 0.812 bits per heavy atom. The van der Waals surface area contributed by atoms with Gasteiger partial charge in [0.1, 0.15) is 10.7 Å². The summed E-state index contributed by atoms with van der Waals surface area (Å²) < 4.78 is 0. The van der Waals surface area contributed by atoms with E-state index in [0.29, 0.717) is 16.9 Å². The van der Waals surface area contributed by atoms with Gasteiger partial charge >= 0.3 is 0 Å². The van der Waals surface area contributed by atoms with E-state index >= 15 is 0 Å². The highest BCUT2D eigenvalue weighted by Crippen LogP contribution is 2.31. The van der Waals surface area contributed by atoms with Crippen molar-refractivity contribution in [2.75, 3.05) is 15.5 Å². The zero-order chi connectivity index (χ0) is 22.8. The molecule has 0 radical (unpaired) electrons. The molecule has 0 aromatic heterocycles. The molecular weight excluding hydrogens is 426 g/mol. The minimum atomic E-state index is -0.581. The lowest BCUT2D eigenvalue weighted by molar-refractivity contribution is -0.120. The Balaban J connectivity index is 1.50. The predicted octanol–water partition coefficient (Wildman–Crippen LogP) is 4.99. The van der Waals surface area contributed by atoms with Gasteiger partial charge in [0.2, 0.25) is 0 Å². The van der Waals surface area contributed by atoms with Crippen LogP contribution in [-0.4, -0.2) is 17.7 Å². The van der Waals surface area contributed by atoms with Crippen molar-refractivity contribution in [3.63, 3.8) is 0 Å². The number of carbonyl (C=O) groups excluding carboxylic acids is 3. The van der Waals surface area contributed by atoms with Gasteiger partial charge in [-0.2, -0.15) is 0 Å². The molecule has 7 heteroatoms. The highest BCUT2D eigenvalue weighted by molar-refractivity contribution is 6.53. The Hall–Kier alpha value is -3.90. The van der Waals surface area contributed by atoms with Crippen LogP contribution < -0.4 is 15.5 Å². The molecule has 0 fully saturated rings. The summed E-state index contributed by atoms with van der Waals surface area (Å²) in [5.74, 6) is -1.36. The van der Waals surface area contributed by atoms with E-state index in [9.17, 15) is 14.4 Å². The summed E-state index contributed by atoms with van der Waals surface area (Å²) in [6, 6.07) is 21.2. The third-order valence-corrected chi connectivity index (χ3v) is 5.54. The molecule has 4 rings (SSSR count). The van der Waals surface area contributed by atoms with Crippen LogP contribution in [0.2, 0.25) is 0 Å². The van der Waals surface area contributed by atoms with Crippen molar-refractivity contribution in [3.05, 3.63) is 100 Å². The molecule has 0 saturated heterocycles. The third-order valence-electron chi connectivity index (χ3n) is 5.19. The minimum Gasteiger partial charge on any atom is -0.350 e. The van der Waals surface area contributed by atoms with Crippen molar-refractivity contribution in [2.24, 2.45) is 0 Å². The van der Waals surface area contributed by atoms with Crippen LogP contribution in [0, 0.1) is 13.8 Å². The van der Waals surface area contributed by atoms with E-state index in [0.717, 1.165) is 21.7 Å². The molecular formula is C25H20ClN3O3. The number of nitrogens with zero attached hydrogens (tertiary/aromatic N) is 1. The largest absolute Gasteiger partial charge is 0.350 e. The molecule has 0 bridgehead atoms. The number of rotatable bonds is 5. The Morgan fingerprint density at radius 3 is 2.09 bits per heavy atom. The van der Waals surface area contributed by atoms with Crippen molar-refractivity contribution < 1.29 is 14.4 Å². The predicted molar refractivity (Wildman–Crippen MR) is 126 cm³/mol. The molecule has 3 aromatic rings. The van der Waals surface area contributed by atoms with Crippen molar-refractivity contribution in [1.29, 1.82) is 0 Å². The van der Waals surface area contributed by atoms with Crippen LogP contribution in [0.15, 0.2) is 83.5 Å². The fraction of sp³-hybridized carbons (Fsp3) is 0.0800. The first-order chi connectivity index (χ1) is 15.4. The Bertz CT molecular complexity index is 1270. The van der Waals surface area contributed by atoms with Crippen LogP contribution in [0.5, 0.6) is 0 Å². The number of nitrogens with one attached hydrogen (secondary N) is 2. The normalized spacial score (nSPS) is 13.5. The molecule has 1 aliphatic rings. The van der Waals surface area contributed by atoms with E-state index in [1.807, 2.05) is 50.2 Å². The molecule has 6 nitrogen and oxygen atoms in total. The zero-order valence-electron chi connectivity index (χ0n) is 17.5. The molecule has 3 aromatic carbocycles. The maximum Gasteiger partial charge on any atom is 0.283 e. The maximum atomic E-state index is 12.9. The van der Waals surface area contributed by atoms with Crippen LogP contribution in [0.1, 0.15) is 21.5 Å². The van der Waals surface area contributed by atoms with Crippen LogP contribution in [0.25, 0.3) is 0 Å². The first kappa shape index (κ1) is 21.3. The lowest BCUT2D eigenvalue weighted by atomic mass is 10.1. The van der Waals surface area contributed by atoms with Crippen molar-refractivity contribution in [1.82, 2.24) is 0 Å². The first-order valence-electron chi connectivity index (χ1n) is 9.95. The van der Waals surface area contributed by atoms with Crippen LogP contribution in [0.4, 0.5) is 17.1 Å². The van der Waals surface area contributed by atoms with Gasteiger partial charge in [-0.1, -0.05) is 48.0 Å². The standard InChI is InChI=1S/C25H20ClN3O3/c1-15-7-3-5-9-19(15)28-23(30)17-11-13-18(14-12-17)27-22-21(26)24(31)29(25(22)32)20-10-6-4-8-16(20)2/h3-14,27H,1-2H3,(H,28,30). The summed E-state index contributed by atoms with van der Waals surface area (Å²) in [7, 11) is 0. The minimum absolute atomic E-state index is 0.00275. The Kier molecular flexibility index (Phi) is 5.79. The van der Waals surface area contributed by atoms with E-state index < -0.39 is 11.8 Å². The third kappa shape index (κ3) is 4.00. The lowest BCUT2D eigenvalue weighted by Crippen LogP contribution is -2.32. The van der Waals surface area contributed by atoms with Gasteiger partial charge in [0.25, 0.3) is 17.7 Å². The number of hydrogen-bond acceptors (Lipinski definition) is 4. The summed E-state index contributed by atoms with van der Waals surface area (Å²) >= 11 is 6.20. The molecule has 0 aliphatic carbocycles. The molecule has 0 saturated carbocycles. The van der Waals surface area contributed by atoms with Gasteiger partial charge in [-0.15, -0.1) is 0 Å². The molecule has 3 amide bonds. The van der Waals surface area contributed by atoms with Gasteiger partial charge in [0.15, 0.2) is 0 Å². The smallest absolute Gasteiger partial charge is 0.283 e. The Labute approximate surface area is 190 Å². The van der Waals surface area contributed by atoms with Gasteiger partial charge < -0.3 is 10.6 Å². The molecule has 0 unspecified atom stereocenters. The average Bonchev–Trinajstić information content (AvgIpc) is 2.99. The fourth-order valence-electron chi connectivity index (χ4n) is 3.40. The lowest BCUT2D eigenvalue weighted by Gasteiger charge is -2.17. The topological polar surface area (TPSA) is 78.5 Å². The highest BCUT2D eigenvalue weighted by atomic mass is 35.5. The van der Waals surface area contributed by atoms with Crippen molar-refractivity contribution in [2.45, 2.75) is 13.8 Å². The van der Waals surface area contributed by atoms with Crippen molar-refractivity contribution in [3.8, 4) is 0 Å². The van der Waals surface area contributed by atoms with Gasteiger partial charge in [0.05, 0.1) is 5.69 Å². The Morgan fingerprint density at radius 2 is 1.44 bits per heavy atom. The second kappa shape index (κ2) is 8.69. The molecule has 0 spiro atoms. The zero-order valence-corrected chi connectivity index (χ0v) is 18.2. The number of imide groups is 1. The average molecular weight is 446 g/mol. The van der Waals surface area contributed by atoms with E-state index in [2.05, 4.69) is 10.6 Å². The number of aryl methyl sites for hydroxylation is 2. The first-order valence-corrected chi connectivity index (χ1v) is 10.3. The second-order valence-electron chi connectivity index (χ2n) is 7.39. The molecule has 0 atom stereocenters. The van der Waals surface area contributed by atoms with Crippen LogP contribution in [0.3, 0.4) is 0 Å². The van der Waals surface area contributed by atoms with E-state index in [-0.39, 0.29) is 16.6 Å². The molecule has 1 heterocycles. The number of para-hydroxylation sites is 2. The summed E-state index contributed by atoms with van der Waals surface area (Å²) in [6.07, 6.45) is 0. The molecule has 2 N–H and O–H groups in total. The summed E-state index contributed by atoms with van der Waals surface area (Å²) in [5, 5.41) is 5.61. The molecule has 32 heavy (non-hydrogen) atoms. The van der Waals surface area contributed by atoms with Gasteiger partial charge in [0, 0.05) is 16.9 Å². The van der Waals surface area contributed by atoms with Crippen molar-refractivity contribution >= 4 is 46.4 Å². The monoisotopic (exact) mass is 445 g/mol. The van der Waals surface area contributed by atoms with E-state index in [1.54, 1.807) is 36.4 Å². The molecule has 1 aliphatic heterocycles. The highest BCUT2D eigenvalue weighted by Gasteiger charge is 2.39. The number of halogens is 1. The summed E-state index contributed by atoms with van der Waals surface area (Å²) in [6.45, 7) is 3.73. The number of carbonyl (C=O) groups is 3. The van der Waals surface area contributed by atoms with Gasteiger partial charge in [-0.05, 0) is 61.4 Å². The number of anilines is 3. The van der Waals surface area contributed by atoms with Crippen LogP contribution >= 0.6 is 11.6 Å². The summed E-state index contributed by atoms with van der Waals surface area (Å²) in [4.78, 5) is 39.2. The van der Waals surface area contributed by atoms with Gasteiger partial charge in [-0.3, -0.25) is 14.4 Å². The fourth-order valence-corrected chi connectivity index (χ4v) is 3.61. The number of hydrogen-bond donors (Lipinski definition) is 2. The summed E-state index contributed by atoms with van der Waals surface area (Å²) in [5.41, 5.74) is 3.94. The van der Waals surface area contributed by atoms with Crippen LogP contribution in [-0.2, 0) is 9.59 Å². The second-order valence-corrected chi connectivity index (χ2v) is 7.77.